The van der Waals surface area contributed by atoms with Crippen molar-refractivity contribution in [3.63, 3.8) is 0 Å². The molecule has 1 aromatic carbocycles. The molecule has 4 heteroatoms. The maximum absolute atomic E-state index is 13.5. The van der Waals surface area contributed by atoms with Crippen LogP contribution in [-0.2, 0) is 6.54 Å². The molecule has 1 saturated carbocycles. The van der Waals surface area contributed by atoms with Crippen molar-refractivity contribution in [2.45, 2.75) is 44.7 Å². The molecule has 0 unspecified atom stereocenters. The maximum Gasteiger partial charge on any atom is 0.124 e. The Morgan fingerprint density at radius 1 is 1.30 bits per heavy atom. The predicted molar refractivity (Wildman–Crippen MR) is 81.1 cm³/mol. The van der Waals surface area contributed by atoms with E-state index in [2.05, 4.69) is 5.32 Å². The van der Waals surface area contributed by atoms with Crippen LogP contribution in [0.4, 0.5) is 4.39 Å². The first-order chi connectivity index (χ1) is 9.72. The highest BCUT2D eigenvalue weighted by Gasteiger charge is 2.11. The Morgan fingerprint density at radius 2 is 2.05 bits per heavy atom. The first kappa shape index (κ1) is 14.7. The van der Waals surface area contributed by atoms with E-state index in [-0.39, 0.29) is 5.82 Å². The van der Waals surface area contributed by atoms with Gasteiger partial charge in [-0.05, 0) is 42.2 Å². The number of benzene rings is 1. The molecule has 0 spiro atoms. The first-order valence-corrected chi connectivity index (χ1v) is 7.19. The zero-order valence-electron chi connectivity index (χ0n) is 11.7. The van der Waals surface area contributed by atoms with E-state index in [0.717, 1.165) is 5.56 Å². The molecule has 0 atom stereocenters. The number of nitrogens with two attached hydrogens (primary N) is 1. The molecule has 2 rings (SSSR count). The lowest BCUT2D eigenvalue weighted by atomic mass is 9.95. The highest BCUT2D eigenvalue weighted by molar-refractivity contribution is 6.08. The SMILES string of the molecule is N=C/C(=C\NC1CCCCC1)c1cc(F)cc(CN)c1. The second kappa shape index (κ2) is 7.20. The van der Waals surface area contributed by atoms with Crippen molar-refractivity contribution >= 4 is 11.8 Å². The van der Waals surface area contributed by atoms with E-state index in [1.807, 2.05) is 12.3 Å². The minimum atomic E-state index is -0.312. The number of halogens is 1. The molecule has 0 heterocycles. The molecule has 4 N–H and O–H groups in total. The summed E-state index contributed by atoms with van der Waals surface area (Å²) in [7, 11) is 0. The smallest absolute Gasteiger partial charge is 0.124 e. The van der Waals surface area contributed by atoms with Gasteiger partial charge in [0.1, 0.15) is 5.82 Å². The summed E-state index contributed by atoms with van der Waals surface area (Å²) in [5.74, 6) is -0.312. The van der Waals surface area contributed by atoms with Gasteiger partial charge in [-0.2, -0.15) is 0 Å². The molecule has 0 amide bonds. The third kappa shape index (κ3) is 3.90. The van der Waals surface area contributed by atoms with Crippen LogP contribution in [0.15, 0.2) is 24.4 Å². The van der Waals surface area contributed by atoms with Gasteiger partial charge in [0.25, 0.3) is 0 Å². The Hall–Kier alpha value is -1.68. The van der Waals surface area contributed by atoms with Gasteiger partial charge >= 0.3 is 0 Å². The van der Waals surface area contributed by atoms with Gasteiger partial charge in [-0.1, -0.05) is 19.3 Å². The van der Waals surface area contributed by atoms with Crippen molar-refractivity contribution in [3.05, 3.63) is 41.3 Å². The Balaban J connectivity index is 2.14. The average Bonchev–Trinajstić information content (AvgIpc) is 2.48. The third-order valence-electron chi connectivity index (χ3n) is 3.76. The van der Waals surface area contributed by atoms with Gasteiger partial charge in [-0.25, -0.2) is 4.39 Å². The minimum Gasteiger partial charge on any atom is -0.388 e. The predicted octanol–water partition coefficient (Wildman–Crippen LogP) is 3.20. The third-order valence-corrected chi connectivity index (χ3v) is 3.76. The van der Waals surface area contributed by atoms with E-state index in [1.54, 1.807) is 0 Å². The molecule has 0 saturated heterocycles. The molecular weight excluding hydrogens is 253 g/mol. The van der Waals surface area contributed by atoms with Gasteiger partial charge in [0.05, 0.1) is 0 Å². The fourth-order valence-corrected chi connectivity index (χ4v) is 2.62. The highest BCUT2D eigenvalue weighted by atomic mass is 19.1. The Bertz CT molecular complexity index is 490. The molecule has 1 aromatic rings. The number of hydrogen-bond donors (Lipinski definition) is 3. The number of nitrogens with one attached hydrogen (secondary N) is 2. The number of hydrogen-bond acceptors (Lipinski definition) is 3. The lowest BCUT2D eigenvalue weighted by molar-refractivity contribution is 0.405. The number of rotatable bonds is 5. The van der Waals surface area contributed by atoms with Crippen LogP contribution in [0.2, 0.25) is 0 Å². The van der Waals surface area contributed by atoms with Crippen LogP contribution in [0.5, 0.6) is 0 Å². The summed E-state index contributed by atoms with van der Waals surface area (Å²) in [4.78, 5) is 0. The Morgan fingerprint density at radius 3 is 2.70 bits per heavy atom. The van der Waals surface area contributed by atoms with Crippen LogP contribution in [0.25, 0.3) is 5.57 Å². The normalized spacial score (nSPS) is 17.0. The zero-order chi connectivity index (χ0) is 14.4. The van der Waals surface area contributed by atoms with Crippen molar-refractivity contribution < 1.29 is 4.39 Å². The van der Waals surface area contributed by atoms with Gasteiger partial charge < -0.3 is 16.5 Å². The quantitative estimate of drug-likeness (QED) is 0.723. The van der Waals surface area contributed by atoms with E-state index in [0.29, 0.717) is 23.7 Å². The molecule has 0 bridgehead atoms. The molecule has 108 valence electrons. The van der Waals surface area contributed by atoms with E-state index in [4.69, 9.17) is 11.1 Å². The zero-order valence-corrected chi connectivity index (χ0v) is 11.7. The van der Waals surface area contributed by atoms with Crippen molar-refractivity contribution in [1.29, 1.82) is 5.41 Å². The second-order valence-corrected chi connectivity index (χ2v) is 5.30. The van der Waals surface area contributed by atoms with Crippen molar-refractivity contribution in [1.82, 2.24) is 5.32 Å². The molecule has 0 radical (unpaired) electrons. The van der Waals surface area contributed by atoms with Crippen LogP contribution in [0, 0.1) is 11.2 Å². The van der Waals surface area contributed by atoms with Crippen LogP contribution in [0.3, 0.4) is 0 Å². The largest absolute Gasteiger partial charge is 0.388 e. The van der Waals surface area contributed by atoms with Crippen molar-refractivity contribution in [3.8, 4) is 0 Å². The second-order valence-electron chi connectivity index (χ2n) is 5.30. The molecule has 1 aliphatic rings. The Labute approximate surface area is 119 Å². The summed E-state index contributed by atoms with van der Waals surface area (Å²) < 4.78 is 13.5. The van der Waals surface area contributed by atoms with Gasteiger partial charge in [-0.3, -0.25) is 0 Å². The van der Waals surface area contributed by atoms with Gasteiger partial charge in [0, 0.05) is 30.6 Å². The van der Waals surface area contributed by atoms with Crippen LogP contribution < -0.4 is 11.1 Å². The standard InChI is InChI=1S/C16H22FN3/c17-15-7-12(9-18)6-13(8-15)14(10-19)11-20-16-4-2-1-3-5-16/h6-8,10-11,16,19-20H,1-5,9,18H2/b14-11+,19-10?. The minimum absolute atomic E-state index is 0.298. The Kier molecular flexibility index (Phi) is 5.30. The summed E-state index contributed by atoms with van der Waals surface area (Å²) in [6.07, 6.45) is 9.23. The molecule has 3 nitrogen and oxygen atoms in total. The molecule has 0 aromatic heterocycles. The molecular formula is C16H22FN3. The first-order valence-electron chi connectivity index (χ1n) is 7.19. The van der Waals surface area contributed by atoms with Gasteiger partial charge in [0.15, 0.2) is 0 Å². The lowest BCUT2D eigenvalue weighted by Crippen LogP contribution is -2.26. The van der Waals surface area contributed by atoms with E-state index < -0.39 is 0 Å². The van der Waals surface area contributed by atoms with Gasteiger partial charge in [-0.15, -0.1) is 0 Å². The molecule has 0 aliphatic heterocycles. The van der Waals surface area contributed by atoms with E-state index in [9.17, 15) is 4.39 Å². The van der Waals surface area contributed by atoms with Gasteiger partial charge in [0.2, 0.25) is 0 Å². The molecule has 1 aliphatic carbocycles. The van der Waals surface area contributed by atoms with Crippen LogP contribution >= 0.6 is 0 Å². The lowest BCUT2D eigenvalue weighted by Gasteiger charge is -2.22. The monoisotopic (exact) mass is 275 g/mol. The van der Waals surface area contributed by atoms with Crippen molar-refractivity contribution in [2.75, 3.05) is 0 Å². The van der Waals surface area contributed by atoms with Crippen molar-refractivity contribution in [2.24, 2.45) is 5.73 Å². The average molecular weight is 275 g/mol. The van der Waals surface area contributed by atoms with Crippen LogP contribution in [-0.4, -0.2) is 12.3 Å². The summed E-state index contributed by atoms with van der Waals surface area (Å²) >= 11 is 0. The summed E-state index contributed by atoms with van der Waals surface area (Å²) in [5, 5.41) is 10.9. The van der Waals surface area contributed by atoms with E-state index >= 15 is 0 Å². The highest BCUT2D eigenvalue weighted by Crippen LogP contribution is 2.19. The fourth-order valence-electron chi connectivity index (χ4n) is 2.62. The van der Waals surface area contributed by atoms with E-state index in [1.165, 1.54) is 50.5 Å². The molecule has 1 fully saturated rings. The van der Waals surface area contributed by atoms with Crippen LogP contribution in [0.1, 0.15) is 43.2 Å². The topological polar surface area (TPSA) is 61.9 Å². The molecule has 20 heavy (non-hydrogen) atoms. The fraction of sp³-hybridized carbons (Fsp3) is 0.438. The summed E-state index contributed by atoms with van der Waals surface area (Å²) in [6.45, 7) is 0.298. The summed E-state index contributed by atoms with van der Waals surface area (Å²) in [6, 6.07) is 5.18. The number of allylic oxidation sites excluding steroid dienone is 1. The summed E-state index contributed by atoms with van der Waals surface area (Å²) in [5.41, 5.74) is 7.69. The maximum atomic E-state index is 13.5.